The number of esters is 1. The number of carbonyl (C=O) groups excluding carboxylic acids is 1. The van der Waals surface area contributed by atoms with Crippen LogP contribution in [0.1, 0.15) is 12.5 Å². The number of nitrogens with one attached hydrogen (secondary N) is 1. The number of nitrogens with two attached hydrogens (primary N) is 1. The summed E-state index contributed by atoms with van der Waals surface area (Å²) in [6.45, 7) is 2.10. The number of ether oxygens (including phenoxy) is 1. The number of nitrogens with zero attached hydrogens (tertiary/aromatic N) is 2. The molecular weight excluding hydrogens is 316 g/mol. The summed E-state index contributed by atoms with van der Waals surface area (Å²) in [5.41, 5.74) is 7.72. The second kappa shape index (κ2) is 7.72. The van der Waals surface area contributed by atoms with Crippen LogP contribution in [0.5, 0.6) is 0 Å². The van der Waals surface area contributed by atoms with Gasteiger partial charge in [0.25, 0.3) is 0 Å². The average Bonchev–Trinajstić information content (AvgIpc) is 2.64. The highest BCUT2D eigenvalue weighted by Gasteiger charge is 2.15. The number of fused-ring (bicyclic) bond motifs is 1. The molecule has 1 aromatic carbocycles. The molecule has 6 nitrogen and oxygen atoms in total. The van der Waals surface area contributed by atoms with Gasteiger partial charge in [-0.3, -0.25) is 9.78 Å². The Labute approximate surface area is 146 Å². The highest BCUT2D eigenvalue weighted by atomic mass is 16.5. The number of hydrogen-bond donors (Lipinski definition) is 2. The van der Waals surface area contributed by atoms with Crippen LogP contribution in [0, 0.1) is 0 Å². The molecule has 0 aliphatic rings. The van der Waals surface area contributed by atoms with Crippen LogP contribution in [0.25, 0.3) is 10.8 Å². The van der Waals surface area contributed by atoms with Gasteiger partial charge in [-0.1, -0.05) is 12.1 Å². The van der Waals surface area contributed by atoms with E-state index in [1.54, 1.807) is 25.5 Å². The summed E-state index contributed by atoms with van der Waals surface area (Å²) in [7, 11) is 0. The quantitative estimate of drug-likeness (QED) is 0.673. The Balaban J connectivity index is 1.71. The number of carbonyl (C=O) groups is 1. The first-order valence-electron chi connectivity index (χ1n) is 8.14. The van der Waals surface area contributed by atoms with Crippen LogP contribution in [0.4, 0.5) is 11.5 Å². The summed E-state index contributed by atoms with van der Waals surface area (Å²) in [5.74, 6) is 0.374. The molecule has 0 aliphatic carbocycles. The standard InChI is InChI=1S/C19H20N4O2/c1-2-25-19(24)17(20)11-13-3-5-15(6-4-13)23-18-16-12-21-9-7-14(16)8-10-22-18/h3-10,12,17H,2,11,20H2,1H3,(H,22,23). The summed E-state index contributed by atoms with van der Waals surface area (Å²) in [5, 5.41) is 5.33. The fraction of sp³-hybridized carbons (Fsp3) is 0.211. The van der Waals surface area contributed by atoms with Gasteiger partial charge in [0.1, 0.15) is 11.9 Å². The first-order chi connectivity index (χ1) is 12.2. The van der Waals surface area contributed by atoms with Gasteiger partial charge >= 0.3 is 5.97 Å². The Hall–Kier alpha value is -2.99. The van der Waals surface area contributed by atoms with Crippen molar-refractivity contribution < 1.29 is 9.53 Å². The van der Waals surface area contributed by atoms with Crippen molar-refractivity contribution in [3.8, 4) is 0 Å². The molecule has 2 heterocycles. The number of hydrogen-bond acceptors (Lipinski definition) is 6. The molecule has 6 heteroatoms. The molecule has 2 aromatic heterocycles. The van der Waals surface area contributed by atoms with E-state index < -0.39 is 6.04 Å². The van der Waals surface area contributed by atoms with Gasteiger partial charge in [0.2, 0.25) is 0 Å². The molecule has 1 unspecified atom stereocenters. The summed E-state index contributed by atoms with van der Waals surface area (Å²) < 4.78 is 4.93. The molecule has 3 rings (SSSR count). The average molecular weight is 336 g/mol. The topological polar surface area (TPSA) is 90.1 Å². The van der Waals surface area contributed by atoms with Crippen molar-refractivity contribution in [3.63, 3.8) is 0 Å². The number of anilines is 2. The van der Waals surface area contributed by atoms with Crippen molar-refractivity contribution in [2.75, 3.05) is 11.9 Å². The van der Waals surface area contributed by atoms with E-state index in [1.807, 2.05) is 36.4 Å². The third-order valence-corrected chi connectivity index (χ3v) is 3.83. The predicted molar refractivity (Wildman–Crippen MR) is 97.6 cm³/mol. The van der Waals surface area contributed by atoms with Crippen LogP contribution >= 0.6 is 0 Å². The van der Waals surface area contributed by atoms with E-state index in [0.717, 1.165) is 27.8 Å². The minimum Gasteiger partial charge on any atom is -0.465 e. The van der Waals surface area contributed by atoms with Crippen molar-refractivity contribution in [3.05, 3.63) is 60.6 Å². The van der Waals surface area contributed by atoms with Crippen molar-refractivity contribution in [1.29, 1.82) is 0 Å². The molecular formula is C19H20N4O2. The van der Waals surface area contributed by atoms with Crippen LogP contribution in [-0.4, -0.2) is 28.6 Å². The number of aromatic nitrogens is 2. The van der Waals surface area contributed by atoms with Crippen LogP contribution < -0.4 is 11.1 Å². The summed E-state index contributed by atoms with van der Waals surface area (Å²) in [6.07, 6.45) is 5.75. The van der Waals surface area contributed by atoms with Crippen LogP contribution in [0.15, 0.2) is 55.0 Å². The van der Waals surface area contributed by atoms with Gasteiger partial charge in [-0.25, -0.2) is 4.98 Å². The molecule has 1 atom stereocenters. The molecule has 3 N–H and O–H groups in total. The van der Waals surface area contributed by atoms with Gasteiger partial charge in [-0.15, -0.1) is 0 Å². The SMILES string of the molecule is CCOC(=O)C(N)Cc1ccc(Nc2nccc3ccncc23)cc1. The summed E-state index contributed by atoms with van der Waals surface area (Å²) in [6, 6.07) is 11.0. The Morgan fingerprint density at radius 3 is 2.72 bits per heavy atom. The lowest BCUT2D eigenvalue weighted by Gasteiger charge is -2.12. The summed E-state index contributed by atoms with van der Waals surface area (Å²) in [4.78, 5) is 20.1. The van der Waals surface area contributed by atoms with Gasteiger partial charge in [-0.05, 0) is 48.6 Å². The Morgan fingerprint density at radius 1 is 1.20 bits per heavy atom. The van der Waals surface area contributed by atoms with Gasteiger partial charge in [-0.2, -0.15) is 0 Å². The lowest BCUT2D eigenvalue weighted by molar-refractivity contribution is -0.144. The lowest BCUT2D eigenvalue weighted by atomic mass is 10.1. The number of benzene rings is 1. The minimum absolute atomic E-state index is 0.336. The fourth-order valence-corrected chi connectivity index (χ4v) is 2.56. The number of pyridine rings is 2. The van der Waals surface area contributed by atoms with Gasteiger partial charge in [0.15, 0.2) is 0 Å². The van der Waals surface area contributed by atoms with Gasteiger partial charge < -0.3 is 15.8 Å². The van der Waals surface area contributed by atoms with Crippen molar-refractivity contribution in [2.24, 2.45) is 5.73 Å². The normalized spacial score (nSPS) is 11.9. The third-order valence-electron chi connectivity index (χ3n) is 3.83. The molecule has 0 aliphatic heterocycles. The van der Waals surface area contributed by atoms with Crippen LogP contribution in [0.3, 0.4) is 0 Å². The van der Waals surface area contributed by atoms with Crippen molar-refractivity contribution >= 4 is 28.2 Å². The molecule has 128 valence electrons. The molecule has 0 bridgehead atoms. The molecule has 0 radical (unpaired) electrons. The van der Waals surface area contributed by atoms with Crippen molar-refractivity contribution in [1.82, 2.24) is 9.97 Å². The van der Waals surface area contributed by atoms with Gasteiger partial charge in [0, 0.05) is 29.7 Å². The molecule has 0 spiro atoms. The maximum absolute atomic E-state index is 11.6. The molecule has 3 aromatic rings. The molecule has 0 saturated heterocycles. The van der Waals surface area contributed by atoms with E-state index >= 15 is 0 Å². The highest BCUT2D eigenvalue weighted by Crippen LogP contribution is 2.23. The zero-order chi connectivity index (χ0) is 17.6. The second-order valence-corrected chi connectivity index (χ2v) is 5.64. The number of rotatable bonds is 6. The van der Waals surface area contributed by atoms with Crippen molar-refractivity contribution in [2.45, 2.75) is 19.4 Å². The van der Waals surface area contributed by atoms with E-state index in [-0.39, 0.29) is 5.97 Å². The first-order valence-corrected chi connectivity index (χ1v) is 8.14. The molecule has 25 heavy (non-hydrogen) atoms. The van der Waals surface area contributed by atoms with E-state index in [2.05, 4.69) is 15.3 Å². The Morgan fingerprint density at radius 2 is 1.96 bits per heavy atom. The minimum atomic E-state index is -0.649. The molecule has 0 fully saturated rings. The maximum atomic E-state index is 11.6. The smallest absolute Gasteiger partial charge is 0.323 e. The van der Waals surface area contributed by atoms with E-state index in [0.29, 0.717) is 13.0 Å². The van der Waals surface area contributed by atoms with E-state index in [1.165, 1.54) is 0 Å². The fourth-order valence-electron chi connectivity index (χ4n) is 2.56. The van der Waals surface area contributed by atoms with E-state index in [9.17, 15) is 4.79 Å². The molecule has 0 saturated carbocycles. The lowest BCUT2D eigenvalue weighted by Crippen LogP contribution is -2.34. The second-order valence-electron chi connectivity index (χ2n) is 5.64. The predicted octanol–water partition coefficient (Wildman–Crippen LogP) is 2.81. The van der Waals surface area contributed by atoms with Gasteiger partial charge in [0.05, 0.1) is 6.61 Å². The van der Waals surface area contributed by atoms with Crippen LogP contribution in [0.2, 0.25) is 0 Å². The Bertz CT molecular complexity index is 859. The highest BCUT2D eigenvalue weighted by molar-refractivity contribution is 5.92. The van der Waals surface area contributed by atoms with E-state index in [4.69, 9.17) is 10.5 Å². The zero-order valence-electron chi connectivity index (χ0n) is 14.0. The molecule has 0 amide bonds. The third kappa shape index (κ3) is 4.10. The van der Waals surface area contributed by atoms with Crippen LogP contribution in [-0.2, 0) is 16.0 Å². The monoisotopic (exact) mass is 336 g/mol. The maximum Gasteiger partial charge on any atom is 0.323 e. The largest absolute Gasteiger partial charge is 0.465 e. The summed E-state index contributed by atoms with van der Waals surface area (Å²) >= 11 is 0. The zero-order valence-corrected chi connectivity index (χ0v) is 14.0. The Kier molecular flexibility index (Phi) is 5.20. The first kappa shape index (κ1) is 16.9.